The first kappa shape index (κ1) is 14.9. The van der Waals surface area contributed by atoms with Crippen molar-refractivity contribution in [3.8, 4) is 0 Å². The number of unbranched alkanes of at least 4 members (excludes halogenated alkanes) is 2. The molecule has 0 saturated heterocycles. The van der Waals surface area contributed by atoms with E-state index in [1.165, 1.54) is 19.0 Å². The molecule has 6 nitrogen and oxygen atoms in total. The van der Waals surface area contributed by atoms with Crippen LogP contribution < -0.4 is 10.6 Å². The van der Waals surface area contributed by atoms with Crippen molar-refractivity contribution >= 4 is 17.5 Å². The number of rotatable bonds is 7. The predicted octanol–water partition coefficient (Wildman–Crippen LogP) is 2.73. The third kappa shape index (κ3) is 4.83. The standard InChI is InChI=1S/C15H19N5O/c1-2-3-4-10-17-13-7-8-14(20-19-13)18-15(21)12-6-5-9-16-11-12/h5-9,11H,2-4,10H2,1H3,(H,17,19)(H,18,20,21). The topological polar surface area (TPSA) is 79.8 Å². The molecule has 2 heterocycles. The molecular weight excluding hydrogens is 266 g/mol. The van der Waals surface area contributed by atoms with E-state index in [0.29, 0.717) is 17.2 Å². The number of nitrogens with zero attached hydrogens (tertiary/aromatic N) is 3. The van der Waals surface area contributed by atoms with Crippen LogP contribution in [0.2, 0.25) is 0 Å². The molecule has 2 aromatic rings. The molecule has 2 aromatic heterocycles. The molecule has 21 heavy (non-hydrogen) atoms. The average molecular weight is 285 g/mol. The lowest BCUT2D eigenvalue weighted by Crippen LogP contribution is -2.14. The SMILES string of the molecule is CCCCCNc1ccc(NC(=O)c2cccnc2)nn1. The Bertz CT molecular complexity index is 556. The summed E-state index contributed by atoms with van der Waals surface area (Å²) in [5, 5.41) is 13.9. The second kappa shape index (κ2) is 7.94. The molecule has 0 saturated carbocycles. The Morgan fingerprint density at radius 2 is 1.95 bits per heavy atom. The van der Waals surface area contributed by atoms with Crippen LogP contribution in [0, 0.1) is 0 Å². The minimum atomic E-state index is -0.249. The van der Waals surface area contributed by atoms with Gasteiger partial charge < -0.3 is 10.6 Å². The molecule has 0 bridgehead atoms. The van der Waals surface area contributed by atoms with Crippen LogP contribution in [0.3, 0.4) is 0 Å². The lowest BCUT2D eigenvalue weighted by atomic mass is 10.2. The second-order valence-electron chi connectivity index (χ2n) is 4.63. The van der Waals surface area contributed by atoms with Crippen LogP contribution in [0.1, 0.15) is 36.5 Å². The average Bonchev–Trinajstić information content (AvgIpc) is 2.54. The summed E-state index contributed by atoms with van der Waals surface area (Å²) in [7, 11) is 0. The van der Waals surface area contributed by atoms with Gasteiger partial charge in [-0.15, -0.1) is 10.2 Å². The highest BCUT2D eigenvalue weighted by Gasteiger charge is 2.06. The van der Waals surface area contributed by atoms with Gasteiger partial charge in [-0.1, -0.05) is 19.8 Å². The van der Waals surface area contributed by atoms with Gasteiger partial charge in [-0.3, -0.25) is 9.78 Å². The van der Waals surface area contributed by atoms with Crippen molar-refractivity contribution in [3.05, 3.63) is 42.2 Å². The molecule has 0 atom stereocenters. The van der Waals surface area contributed by atoms with Crippen LogP contribution in [0.25, 0.3) is 0 Å². The third-order valence-corrected chi connectivity index (χ3v) is 2.92. The summed E-state index contributed by atoms with van der Waals surface area (Å²) < 4.78 is 0. The highest BCUT2D eigenvalue weighted by molar-refractivity contribution is 6.03. The van der Waals surface area contributed by atoms with Crippen molar-refractivity contribution in [2.75, 3.05) is 17.2 Å². The molecule has 0 spiro atoms. The molecule has 0 fully saturated rings. The number of carbonyl (C=O) groups excluding carboxylic acids is 1. The maximum Gasteiger partial charge on any atom is 0.258 e. The van der Waals surface area contributed by atoms with Gasteiger partial charge >= 0.3 is 0 Å². The van der Waals surface area contributed by atoms with E-state index in [4.69, 9.17) is 0 Å². The van der Waals surface area contributed by atoms with Gasteiger partial charge in [-0.2, -0.15) is 0 Å². The lowest BCUT2D eigenvalue weighted by Gasteiger charge is -2.06. The number of hydrogen-bond acceptors (Lipinski definition) is 5. The Labute approximate surface area is 124 Å². The molecule has 6 heteroatoms. The fourth-order valence-electron chi connectivity index (χ4n) is 1.77. The zero-order valence-electron chi connectivity index (χ0n) is 12.0. The fraction of sp³-hybridized carbons (Fsp3) is 0.333. The highest BCUT2D eigenvalue weighted by Crippen LogP contribution is 2.08. The van der Waals surface area contributed by atoms with Crippen LogP contribution >= 0.6 is 0 Å². The number of pyridine rings is 1. The smallest absolute Gasteiger partial charge is 0.258 e. The molecular formula is C15H19N5O. The van der Waals surface area contributed by atoms with E-state index in [-0.39, 0.29) is 5.91 Å². The van der Waals surface area contributed by atoms with Gasteiger partial charge in [0.2, 0.25) is 0 Å². The summed E-state index contributed by atoms with van der Waals surface area (Å²) in [5.41, 5.74) is 0.487. The second-order valence-corrected chi connectivity index (χ2v) is 4.63. The van der Waals surface area contributed by atoms with Gasteiger partial charge in [0.1, 0.15) is 5.82 Å². The van der Waals surface area contributed by atoms with Crippen molar-refractivity contribution in [1.82, 2.24) is 15.2 Å². The number of nitrogens with one attached hydrogen (secondary N) is 2. The summed E-state index contributed by atoms with van der Waals surface area (Å²) in [6.07, 6.45) is 6.62. The molecule has 0 unspecified atom stereocenters. The Hall–Kier alpha value is -2.50. The Morgan fingerprint density at radius 1 is 1.14 bits per heavy atom. The van der Waals surface area contributed by atoms with Gasteiger partial charge in [0.25, 0.3) is 5.91 Å². The molecule has 0 aliphatic carbocycles. The molecule has 110 valence electrons. The van der Waals surface area contributed by atoms with E-state index in [9.17, 15) is 4.79 Å². The number of amides is 1. The Balaban J connectivity index is 1.86. The normalized spacial score (nSPS) is 10.1. The molecule has 2 rings (SSSR count). The van der Waals surface area contributed by atoms with E-state index in [2.05, 4.69) is 32.7 Å². The van der Waals surface area contributed by atoms with E-state index in [1.54, 1.807) is 30.5 Å². The van der Waals surface area contributed by atoms with Crippen LogP contribution in [0.15, 0.2) is 36.7 Å². The largest absolute Gasteiger partial charge is 0.369 e. The summed E-state index contributed by atoms with van der Waals surface area (Å²) >= 11 is 0. The fourth-order valence-corrected chi connectivity index (χ4v) is 1.77. The van der Waals surface area contributed by atoms with Crippen molar-refractivity contribution < 1.29 is 4.79 Å². The first-order chi connectivity index (χ1) is 10.3. The maximum atomic E-state index is 11.9. The molecule has 2 N–H and O–H groups in total. The molecule has 0 radical (unpaired) electrons. The monoisotopic (exact) mass is 285 g/mol. The molecule has 0 aromatic carbocycles. The molecule has 0 aliphatic heterocycles. The summed E-state index contributed by atoms with van der Waals surface area (Å²) in [4.78, 5) is 15.8. The summed E-state index contributed by atoms with van der Waals surface area (Å²) in [5.74, 6) is 0.884. The van der Waals surface area contributed by atoms with Gasteiger partial charge in [0, 0.05) is 18.9 Å². The van der Waals surface area contributed by atoms with E-state index in [1.807, 2.05) is 0 Å². The van der Waals surface area contributed by atoms with Crippen molar-refractivity contribution in [2.24, 2.45) is 0 Å². The number of aromatic nitrogens is 3. The van der Waals surface area contributed by atoms with E-state index >= 15 is 0 Å². The zero-order valence-corrected chi connectivity index (χ0v) is 12.0. The molecule has 0 aliphatic rings. The Morgan fingerprint density at radius 3 is 2.62 bits per heavy atom. The van der Waals surface area contributed by atoms with E-state index < -0.39 is 0 Å². The van der Waals surface area contributed by atoms with Gasteiger partial charge in [0.15, 0.2) is 5.82 Å². The van der Waals surface area contributed by atoms with E-state index in [0.717, 1.165) is 13.0 Å². The summed E-state index contributed by atoms with van der Waals surface area (Å²) in [6, 6.07) is 6.94. The van der Waals surface area contributed by atoms with Crippen LogP contribution in [0.5, 0.6) is 0 Å². The number of anilines is 2. The van der Waals surface area contributed by atoms with Gasteiger partial charge in [0.05, 0.1) is 5.56 Å². The van der Waals surface area contributed by atoms with Crippen molar-refractivity contribution in [3.63, 3.8) is 0 Å². The summed E-state index contributed by atoms with van der Waals surface area (Å²) in [6.45, 7) is 3.05. The maximum absolute atomic E-state index is 11.9. The lowest BCUT2D eigenvalue weighted by molar-refractivity contribution is 0.102. The minimum absolute atomic E-state index is 0.249. The predicted molar refractivity (Wildman–Crippen MR) is 82.2 cm³/mol. The van der Waals surface area contributed by atoms with Crippen molar-refractivity contribution in [2.45, 2.75) is 26.2 Å². The number of carbonyl (C=O) groups is 1. The highest BCUT2D eigenvalue weighted by atomic mass is 16.1. The number of hydrogen-bond donors (Lipinski definition) is 2. The van der Waals surface area contributed by atoms with Gasteiger partial charge in [-0.05, 0) is 30.7 Å². The quantitative estimate of drug-likeness (QED) is 0.765. The third-order valence-electron chi connectivity index (χ3n) is 2.92. The van der Waals surface area contributed by atoms with Crippen molar-refractivity contribution in [1.29, 1.82) is 0 Å². The van der Waals surface area contributed by atoms with Crippen LogP contribution in [-0.4, -0.2) is 27.6 Å². The van der Waals surface area contributed by atoms with Gasteiger partial charge in [-0.25, -0.2) is 0 Å². The first-order valence-corrected chi connectivity index (χ1v) is 7.08. The minimum Gasteiger partial charge on any atom is -0.369 e. The zero-order chi connectivity index (χ0) is 14.9. The Kier molecular flexibility index (Phi) is 5.63. The van der Waals surface area contributed by atoms with Crippen LogP contribution in [0.4, 0.5) is 11.6 Å². The first-order valence-electron chi connectivity index (χ1n) is 7.08. The van der Waals surface area contributed by atoms with Crippen LogP contribution in [-0.2, 0) is 0 Å². The molecule has 1 amide bonds.